The number of carbonyl (C=O) groups excluding carboxylic acids is 2. The zero-order chi connectivity index (χ0) is 45.9. The van der Waals surface area contributed by atoms with Crippen LogP contribution in [-0.2, 0) is 28.5 Å². The minimum atomic E-state index is -1.60. The second-order valence-corrected chi connectivity index (χ2v) is 18.0. The summed E-state index contributed by atoms with van der Waals surface area (Å²) in [6, 6.07) is 0. The molecule has 63 heavy (non-hydrogen) atoms. The zero-order valence-corrected chi connectivity index (χ0v) is 40.3. The lowest BCUT2D eigenvalue weighted by atomic mass is 9.99. The van der Waals surface area contributed by atoms with Crippen molar-refractivity contribution in [1.82, 2.24) is 0 Å². The Hall–Kier alpha value is -2.08. The van der Waals surface area contributed by atoms with E-state index in [1.807, 2.05) is 0 Å². The van der Waals surface area contributed by atoms with E-state index in [0.29, 0.717) is 12.8 Å². The van der Waals surface area contributed by atoms with Crippen LogP contribution in [0.4, 0.5) is 0 Å². The minimum Gasteiger partial charge on any atom is -0.462 e. The highest BCUT2D eigenvalue weighted by Gasteiger charge is 2.44. The summed E-state index contributed by atoms with van der Waals surface area (Å²) in [6.45, 7) is 3.38. The molecule has 1 aliphatic heterocycles. The fourth-order valence-electron chi connectivity index (χ4n) is 7.87. The van der Waals surface area contributed by atoms with Gasteiger partial charge in [-0.25, -0.2) is 0 Å². The normalized spacial score (nSPS) is 19.7. The minimum absolute atomic E-state index is 0.209. The number of unbranched alkanes of at least 4 members (excludes halogenated alkanes) is 27. The first-order valence-electron chi connectivity index (χ1n) is 26.1. The largest absolute Gasteiger partial charge is 0.462 e. The van der Waals surface area contributed by atoms with Crippen molar-refractivity contribution in [2.45, 2.75) is 269 Å². The third-order valence-corrected chi connectivity index (χ3v) is 12.0. The standard InChI is InChI=1S/C53H96O10/c1-3-5-7-9-11-13-15-17-19-20-21-22-23-24-25-26-28-29-31-33-35-37-39-41-48(55)60-44-46(45-61-53-52(59)51(58)50(57)47(43-54)63-53)62-49(56)42-40-38-36-34-32-30-27-18-16-14-12-10-8-6-4-2/h12,14,18,27,33,35,46-47,50-54,57-59H,3-11,13,15-17,19-26,28-32,34,36-45H2,1-2H3/b14-12+,27-18+,35-33+/t46-,47-,50+,51?,52?,53-/m0/s1. The lowest BCUT2D eigenvalue weighted by Gasteiger charge is -2.39. The molecule has 0 aromatic heterocycles. The van der Waals surface area contributed by atoms with Crippen molar-refractivity contribution in [2.24, 2.45) is 0 Å². The Morgan fingerprint density at radius 2 is 0.905 bits per heavy atom. The molecule has 0 radical (unpaired) electrons. The third kappa shape index (κ3) is 34.9. The van der Waals surface area contributed by atoms with E-state index in [9.17, 15) is 30.0 Å². The summed E-state index contributed by atoms with van der Waals surface area (Å²) < 4.78 is 22.2. The van der Waals surface area contributed by atoms with Crippen molar-refractivity contribution >= 4 is 11.9 Å². The Balaban J connectivity index is 2.25. The van der Waals surface area contributed by atoms with E-state index < -0.39 is 55.4 Å². The van der Waals surface area contributed by atoms with Gasteiger partial charge in [0.2, 0.25) is 0 Å². The maximum atomic E-state index is 12.8. The summed E-state index contributed by atoms with van der Waals surface area (Å²) in [5.41, 5.74) is 0. The fraction of sp³-hybridized carbons (Fsp3) is 0.849. The molecule has 0 aromatic carbocycles. The number of hydrogen-bond acceptors (Lipinski definition) is 10. The lowest BCUT2D eigenvalue weighted by Crippen LogP contribution is -2.59. The van der Waals surface area contributed by atoms with Gasteiger partial charge >= 0.3 is 11.9 Å². The van der Waals surface area contributed by atoms with Gasteiger partial charge in [-0.2, -0.15) is 0 Å². The van der Waals surface area contributed by atoms with Crippen LogP contribution in [0.25, 0.3) is 0 Å². The van der Waals surface area contributed by atoms with Crippen molar-refractivity contribution in [3.05, 3.63) is 36.5 Å². The summed E-state index contributed by atoms with van der Waals surface area (Å²) in [4.78, 5) is 25.4. The Bertz CT molecular complexity index is 1120. The number of esters is 2. The molecule has 1 fully saturated rings. The molecule has 6 atom stereocenters. The van der Waals surface area contributed by atoms with Crippen LogP contribution < -0.4 is 0 Å². The summed E-state index contributed by atoms with van der Waals surface area (Å²) in [5, 5.41) is 40.2. The van der Waals surface area contributed by atoms with Crippen LogP contribution in [-0.4, -0.2) is 89.0 Å². The van der Waals surface area contributed by atoms with Crippen LogP contribution in [0.3, 0.4) is 0 Å². The number of hydrogen-bond donors (Lipinski definition) is 4. The Morgan fingerprint density at radius 3 is 1.41 bits per heavy atom. The molecule has 4 N–H and O–H groups in total. The first-order chi connectivity index (χ1) is 30.8. The molecule has 0 spiro atoms. The molecular weight excluding hydrogens is 797 g/mol. The quantitative estimate of drug-likeness (QED) is 0.0264. The van der Waals surface area contributed by atoms with Crippen molar-refractivity contribution in [2.75, 3.05) is 19.8 Å². The maximum absolute atomic E-state index is 12.8. The first-order valence-corrected chi connectivity index (χ1v) is 26.1. The van der Waals surface area contributed by atoms with Gasteiger partial charge in [-0.1, -0.05) is 192 Å². The molecule has 1 heterocycles. The third-order valence-electron chi connectivity index (χ3n) is 12.0. The Labute approximate surface area is 385 Å². The van der Waals surface area contributed by atoms with Gasteiger partial charge in [0, 0.05) is 12.8 Å². The average Bonchev–Trinajstić information content (AvgIpc) is 3.28. The molecule has 1 saturated heterocycles. The molecule has 10 heteroatoms. The van der Waals surface area contributed by atoms with Crippen molar-refractivity contribution in [1.29, 1.82) is 0 Å². The van der Waals surface area contributed by atoms with Gasteiger partial charge in [0.25, 0.3) is 0 Å². The summed E-state index contributed by atoms with van der Waals surface area (Å²) in [7, 11) is 0. The Morgan fingerprint density at radius 1 is 0.492 bits per heavy atom. The van der Waals surface area contributed by atoms with Gasteiger partial charge in [-0.15, -0.1) is 0 Å². The molecule has 0 aromatic rings. The van der Waals surface area contributed by atoms with Crippen LogP contribution in [0.1, 0.15) is 232 Å². The van der Waals surface area contributed by atoms with E-state index in [1.165, 1.54) is 135 Å². The van der Waals surface area contributed by atoms with Crippen LogP contribution in [0.15, 0.2) is 36.5 Å². The van der Waals surface area contributed by atoms with E-state index >= 15 is 0 Å². The predicted octanol–water partition coefficient (Wildman–Crippen LogP) is 12.2. The fourth-order valence-corrected chi connectivity index (χ4v) is 7.87. The van der Waals surface area contributed by atoms with Crippen molar-refractivity contribution in [3.8, 4) is 0 Å². The molecule has 0 bridgehead atoms. The van der Waals surface area contributed by atoms with Crippen LogP contribution >= 0.6 is 0 Å². The molecule has 1 rings (SSSR count). The highest BCUT2D eigenvalue weighted by molar-refractivity contribution is 5.70. The number of rotatable bonds is 44. The number of ether oxygens (including phenoxy) is 4. The SMILES string of the molecule is CCCCC/C=C/C/C=C/CCCCCCCC(=O)O[C@@H](COC(=O)CCC/C=C/CCCCCCCCCCCCCCCCCCCC)CO[C@H]1O[C@@H](CO)[C@@H](O)C(O)C1O. The van der Waals surface area contributed by atoms with E-state index in [0.717, 1.165) is 57.8 Å². The molecular formula is C53H96O10. The highest BCUT2D eigenvalue weighted by atomic mass is 16.7. The molecule has 1 aliphatic rings. The number of allylic oxidation sites excluding steroid dienone is 6. The van der Waals surface area contributed by atoms with Crippen molar-refractivity contribution in [3.63, 3.8) is 0 Å². The van der Waals surface area contributed by atoms with Gasteiger partial charge in [0.15, 0.2) is 12.4 Å². The van der Waals surface area contributed by atoms with Crippen LogP contribution in [0.2, 0.25) is 0 Å². The van der Waals surface area contributed by atoms with Gasteiger partial charge in [0.1, 0.15) is 31.0 Å². The highest BCUT2D eigenvalue weighted by Crippen LogP contribution is 2.23. The van der Waals surface area contributed by atoms with Gasteiger partial charge in [-0.05, 0) is 64.2 Å². The van der Waals surface area contributed by atoms with Crippen molar-refractivity contribution < 1.29 is 49.0 Å². The number of aliphatic hydroxyl groups excluding tert-OH is 4. The van der Waals surface area contributed by atoms with Gasteiger partial charge in [-0.3, -0.25) is 9.59 Å². The van der Waals surface area contributed by atoms with E-state index in [2.05, 4.69) is 50.3 Å². The second kappa shape index (κ2) is 43.8. The molecule has 0 aliphatic carbocycles. The van der Waals surface area contributed by atoms with Crippen LogP contribution in [0, 0.1) is 0 Å². The average molecular weight is 893 g/mol. The summed E-state index contributed by atoms with van der Waals surface area (Å²) in [6.07, 6.45) is 44.5. The lowest BCUT2D eigenvalue weighted by molar-refractivity contribution is -0.305. The van der Waals surface area contributed by atoms with Gasteiger partial charge < -0.3 is 39.4 Å². The van der Waals surface area contributed by atoms with E-state index in [4.69, 9.17) is 18.9 Å². The maximum Gasteiger partial charge on any atom is 0.306 e. The molecule has 10 nitrogen and oxygen atoms in total. The smallest absolute Gasteiger partial charge is 0.306 e. The monoisotopic (exact) mass is 893 g/mol. The molecule has 368 valence electrons. The topological polar surface area (TPSA) is 152 Å². The first kappa shape index (κ1) is 58.9. The second-order valence-electron chi connectivity index (χ2n) is 18.0. The van der Waals surface area contributed by atoms with Crippen LogP contribution in [0.5, 0.6) is 0 Å². The predicted molar refractivity (Wildman–Crippen MR) is 256 cm³/mol. The Kier molecular flexibility index (Phi) is 41.0. The summed E-state index contributed by atoms with van der Waals surface area (Å²) in [5.74, 6) is -0.853. The zero-order valence-electron chi connectivity index (χ0n) is 40.3. The molecule has 2 unspecified atom stereocenters. The number of carbonyl (C=O) groups is 2. The number of aliphatic hydroxyl groups is 4. The van der Waals surface area contributed by atoms with E-state index in [1.54, 1.807) is 0 Å². The van der Waals surface area contributed by atoms with E-state index in [-0.39, 0.29) is 26.1 Å². The van der Waals surface area contributed by atoms with Gasteiger partial charge in [0.05, 0.1) is 13.2 Å². The molecule has 0 saturated carbocycles. The molecule has 0 amide bonds. The summed E-state index contributed by atoms with van der Waals surface area (Å²) >= 11 is 0.